The molecule has 0 aliphatic rings. The van der Waals surface area contributed by atoms with Crippen molar-refractivity contribution < 1.29 is 27.9 Å². The second-order valence-electron chi connectivity index (χ2n) is 6.53. The van der Waals surface area contributed by atoms with Gasteiger partial charge in [0, 0.05) is 13.1 Å². The van der Waals surface area contributed by atoms with Crippen molar-refractivity contribution in [2.24, 2.45) is 7.05 Å². The van der Waals surface area contributed by atoms with Crippen LogP contribution in [0.5, 0.6) is 11.5 Å². The monoisotopic (exact) mass is 426 g/mol. The summed E-state index contributed by atoms with van der Waals surface area (Å²) in [6.07, 6.45) is 1.32. The number of methoxy groups -OCH3 is 2. The average Bonchev–Trinajstić information content (AvgIpc) is 3.38. The van der Waals surface area contributed by atoms with Gasteiger partial charge in [0.2, 0.25) is 11.5 Å². The van der Waals surface area contributed by atoms with Gasteiger partial charge in [0.15, 0.2) is 6.61 Å². The molecule has 4 aromatic rings. The number of aromatic nitrogens is 4. The van der Waals surface area contributed by atoms with Crippen molar-refractivity contribution >= 4 is 17.1 Å². The molecular weight excluding hydrogens is 408 g/mol. The topological polar surface area (TPSA) is 132 Å². The van der Waals surface area contributed by atoms with Crippen molar-refractivity contribution in [1.29, 1.82) is 0 Å². The Morgan fingerprint density at radius 2 is 2.03 bits per heavy atom. The van der Waals surface area contributed by atoms with E-state index in [2.05, 4.69) is 15.1 Å². The lowest BCUT2D eigenvalue weighted by atomic mass is 10.2. The molecule has 11 nitrogen and oxygen atoms in total. The summed E-state index contributed by atoms with van der Waals surface area (Å²) in [6, 6.07) is 5.14. The lowest BCUT2D eigenvalue weighted by Gasteiger charge is -2.07. The summed E-state index contributed by atoms with van der Waals surface area (Å²) < 4.78 is 27.6. The molecule has 0 atom stereocenters. The molecule has 0 aliphatic carbocycles. The summed E-state index contributed by atoms with van der Waals surface area (Å²) in [5, 5.41) is 3.96. The SMILES string of the molecule is COc1ccc(-c2noc(COC(=O)c3c(C)oc4ncn(C)c(=O)c34)n2)c(OC)c1. The van der Waals surface area contributed by atoms with Crippen LogP contribution in [-0.2, 0) is 18.4 Å². The first-order valence-corrected chi connectivity index (χ1v) is 9.09. The third-order valence-corrected chi connectivity index (χ3v) is 4.60. The van der Waals surface area contributed by atoms with Gasteiger partial charge in [-0.1, -0.05) is 5.16 Å². The summed E-state index contributed by atoms with van der Waals surface area (Å²) in [5.74, 6) is 0.897. The first-order valence-electron chi connectivity index (χ1n) is 9.09. The molecule has 0 amide bonds. The Morgan fingerprint density at radius 1 is 1.23 bits per heavy atom. The molecule has 31 heavy (non-hydrogen) atoms. The van der Waals surface area contributed by atoms with E-state index in [1.54, 1.807) is 32.2 Å². The molecule has 0 saturated heterocycles. The van der Waals surface area contributed by atoms with Crippen LogP contribution in [0.25, 0.3) is 22.5 Å². The first kappa shape index (κ1) is 20.1. The zero-order valence-corrected chi connectivity index (χ0v) is 17.2. The number of carbonyl (C=O) groups is 1. The summed E-state index contributed by atoms with van der Waals surface area (Å²) in [7, 11) is 4.59. The molecule has 3 heterocycles. The maximum absolute atomic E-state index is 12.6. The van der Waals surface area contributed by atoms with Crippen molar-refractivity contribution in [3.63, 3.8) is 0 Å². The number of esters is 1. The number of hydrogen-bond donors (Lipinski definition) is 0. The molecule has 0 saturated carbocycles. The number of furan rings is 1. The molecule has 3 aromatic heterocycles. The molecule has 0 radical (unpaired) electrons. The summed E-state index contributed by atoms with van der Waals surface area (Å²) in [4.78, 5) is 33.3. The second-order valence-corrected chi connectivity index (χ2v) is 6.53. The van der Waals surface area contributed by atoms with Crippen LogP contribution in [0, 0.1) is 6.92 Å². The van der Waals surface area contributed by atoms with Crippen LogP contribution in [0.1, 0.15) is 22.0 Å². The first-order chi connectivity index (χ1) is 14.9. The highest BCUT2D eigenvalue weighted by atomic mass is 16.6. The highest BCUT2D eigenvalue weighted by molar-refractivity contribution is 6.03. The number of aryl methyl sites for hydroxylation is 2. The third-order valence-electron chi connectivity index (χ3n) is 4.60. The van der Waals surface area contributed by atoms with Crippen molar-refractivity contribution in [1.82, 2.24) is 19.7 Å². The van der Waals surface area contributed by atoms with Crippen LogP contribution in [0.3, 0.4) is 0 Å². The number of ether oxygens (including phenoxy) is 3. The smallest absolute Gasteiger partial charge is 0.343 e. The Kier molecular flexibility index (Phi) is 5.15. The second kappa shape index (κ2) is 7.94. The third kappa shape index (κ3) is 3.61. The van der Waals surface area contributed by atoms with Crippen molar-refractivity contribution in [3.05, 3.63) is 52.1 Å². The van der Waals surface area contributed by atoms with E-state index in [0.29, 0.717) is 17.1 Å². The Bertz CT molecular complexity index is 1340. The molecule has 0 aliphatic heterocycles. The molecule has 0 N–H and O–H groups in total. The number of benzene rings is 1. The van der Waals surface area contributed by atoms with Crippen LogP contribution in [-0.4, -0.2) is 39.9 Å². The van der Waals surface area contributed by atoms with Gasteiger partial charge in [-0.3, -0.25) is 4.79 Å². The van der Waals surface area contributed by atoms with Gasteiger partial charge < -0.3 is 27.7 Å². The van der Waals surface area contributed by atoms with Crippen molar-refractivity contribution in [2.75, 3.05) is 14.2 Å². The minimum Gasteiger partial charge on any atom is -0.497 e. The van der Waals surface area contributed by atoms with Crippen LogP contribution in [0.4, 0.5) is 0 Å². The van der Waals surface area contributed by atoms with E-state index in [1.165, 1.54) is 25.1 Å². The Hall–Kier alpha value is -4.15. The molecular formula is C20H18N4O7. The molecule has 0 fully saturated rings. The summed E-state index contributed by atoms with van der Waals surface area (Å²) in [5.41, 5.74) is 0.246. The number of rotatable bonds is 6. The van der Waals surface area contributed by atoms with Crippen LogP contribution >= 0.6 is 0 Å². The molecule has 0 unspecified atom stereocenters. The predicted molar refractivity (Wildman–Crippen MR) is 106 cm³/mol. The highest BCUT2D eigenvalue weighted by Gasteiger charge is 2.24. The zero-order chi connectivity index (χ0) is 22.1. The minimum atomic E-state index is -0.761. The standard InChI is InChI=1S/C20H18N4O7/c1-10-15(16-18(30-10)21-9-24(2)19(16)25)20(26)29-8-14-22-17(23-31-14)12-6-5-11(27-3)7-13(12)28-4/h5-7,9H,8H2,1-4H3. The average molecular weight is 426 g/mol. The van der Waals surface area contributed by atoms with E-state index in [9.17, 15) is 9.59 Å². The molecule has 1 aromatic carbocycles. The van der Waals surface area contributed by atoms with Gasteiger partial charge in [0.05, 0.1) is 19.8 Å². The normalized spacial score (nSPS) is 11.0. The Labute approximate surface area is 175 Å². The number of fused-ring (bicyclic) bond motifs is 1. The zero-order valence-electron chi connectivity index (χ0n) is 17.2. The number of carbonyl (C=O) groups excluding carboxylic acids is 1. The van der Waals surface area contributed by atoms with Crippen molar-refractivity contribution in [3.8, 4) is 22.9 Å². The van der Waals surface area contributed by atoms with Gasteiger partial charge in [0.25, 0.3) is 11.4 Å². The van der Waals surface area contributed by atoms with Crippen molar-refractivity contribution in [2.45, 2.75) is 13.5 Å². The summed E-state index contributed by atoms with van der Waals surface area (Å²) >= 11 is 0. The van der Waals surface area contributed by atoms with E-state index in [1.807, 2.05) is 0 Å². The van der Waals surface area contributed by atoms with Gasteiger partial charge in [0.1, 0.15) is 34.5 Å². The predicted octanol–water partition coefficient (Wildman–Crippen LogP) is 2.26. The number of nitrogens with zero attached hydrogens (tertiary/aromatic N) is 4. The van der Waals surface area contributed by atoms with Gasteiger partial charge in [-0.05, 0) is 19.1 Å². The fourth-order valence-electron chi connectivity index (χ4n) is 3.04. The van der Waals surface area contributed by atoms with Crippen LogP contribution in [0.15, 0.2) is 38.3 Å². The molecule has 160 valence electrons. The van der Waals surface area contributed by atoms with Gasteiger partial charge in [-0.2, -0.15) is 4.98 Å². The lowest BCUT2D eigenvalue weighted by molar-refractivity contribution is 0.0429. The largest absolute Gasteiger partial charge is 0.497 e. The fraction of sp³-hybridized carbons (Fsp3) is 0.250. The van der Waals surface area contributed by atoms with E-state index in [-0.39, 0.29) is 40.7 Å². The fourth-order valence-corrected chi connectivity index (χ4v) is 3.04. The number of hydrogen-bond acceptors (Lipinski definition) is 10. The van der Waals surface area contributed by atoms with Gasteiger partial charge in [-0.25, -0.2) is 9.78 Å². The minimum absolute atomic E-state index is 0.0141. The Balaban J connectivity index is 1.56. The van der Waals surface area contributed by atoms with E-state index in [4.69, 9.17) is 23.2 Å². The molecule has 11 heteroatoms. The highest BCUT2D eigenvalue weighted by Crippen LogP contribution is 2.31. The maximum Gasteiger partial charge on any atom is 0.343 e. The summed E-state index contributed by atoms with van der Waals surface area (Å²) in [6.45, 7) is 1.26. The van der Waals surface area contributed by atoms with E-state index < -0.39 is 11.5 Å². The Morgan fingerprint density at radius 3 is 2.77 bits per heavy atom. The van der Waals surface area contributed by atoms with Crippen LogP contribution < -0.4 is 15.0 Å². The van der Waals surface area contributed by atoms with E-state index in [0.717, 1.165) is 0 Å². The van der Waals surface area contributed by atoms with Gasteiger partial charge in [-0.15, -0.1) is 0 Å². The molecule has 0 spiro atoms. The molecule has 0 bridgehead atoms. The van der Waals surface area contributed by atoms with Gasteiger partial charge >= 0.3 is 5.97 Å². The maximum atomic E-state index is 12.6. The molecule has 4 rings (SSSR count). The van der Waals surface area contributed by atoms with E-state index >= 15 is 0 Å². The lowest BCUT2D eigenvalue weighted by Crippen LogP contribution is -2.19. The van der Waals surface area contributed by atoms with Crippen LogP contribution in [0.2, 0.25) is 0 Å². The quantitative estimate of drug-likeness (QED) is 0.423.